The van der Waals surface area contributed by atoms with Crippen LogP contribution in [0.4, 0.5) is 23.1 Å². The Balaban J connectivity index is 1.73. The highest BCUT2D eigenvalue weighted by Gasteiger charge is 2.07. The Morgan fingerprint density at radius 2 is 1.88 bits per heavy atom. The molecule has 0 spiro atoms. The van der Waals surface area contributed by atoms with E-state index in [1.165, 1.54) is 18.9 Å². The molecule has 26 heavy (non-hydrogen) atoms. The van der Waals surface area contributed by atoms with E-state index in [-0.39, 0.29) is 0 Å². The molecule has 0 atom stereocenters. The van der Waals surface area contributed by atoms with E-state index < -0.39 is 5.97 Å². The Kier molecular flexibility index (Phi) is 5.38. The van der Waals surface area contributed by atoms with E-state index in [9.17, 15) is 4.79 Å². The molecule has 2 N–H and O–H groups in total. The average molecular weight is 349 g/mol. The van der Waals surface area contributed by atoms with E-state index in [1.807, 2.05) is 18.2 Å². The molecule has 0 unspecified atom stereocenters. The van der Waals surface area contributed by atoms with E-state index in [0.29, 0.717) is 23.0 Å². The van der Waals surface area contributed by atoms with Crippen LogP contribution in [0.5, 0.6) is 0 Å². The third-order valence-corrected chi connectivity index (χ3v) is 3.73. The number of carbonyl (C=O) groups excluding carboxylic acids is 1. The van der Waals surface area contributed by atoms with Crippen molar-refractivity contribution in [2.24, 2.45) is 0 Å². The largest absolute Gasteiger partial charge is 0.465 e. The van der Waals surface area contributed by atoms with Gasteiger partial charge in [-0.15, -0.1) is 5.10 Å². The monoisotopic (exact) mass is 349 g/mol. The highest BCUT2D eigenvalue weighted by Crippen LogP contribution is 2.18. The van der Waals surface area contributed by atoms with Crippen LogP contribution < -0.4 is 10.6 Å². The highest BCUT2D eigenvalue weighted by atomic mass is 16.5. The van der Waals surface area contributed by atoms with Crippen molar-refractivity contribution in [2.75, 3.05) is 17.7 Å². The molecule has 0 aliphatic carbocycles. The standard InChI is InChI=1S/C19H19N5O2/c1-3-13-7-9-15(10-8-13)22-19-23-17(12-20-24-19)21-16-6-4-5-14(11-16)18(25)26-2/h4-12H,3H2,1-2H3,(H2,21,22,23,24). The summed E-state index contributed by atoms with van der Waals surface area (Å²) in [5, 5.41) is 14.2. The predicted molar refractivity (Wildman–Crippen MR) is 100.0 cm³/mol. The molecule has 3 aromatic rings. The summed E-state index contributed by atoms with van der Waals surface area (Å²) < 4.78 is 4.73. The normalized spacial score (nSPS) is 10.2. The fourth-order valence-corrected chi connectivity index (χ4v) is 2.36. The molecule has 0 aliphatic heterocycles. The Labute approximate surface area is 151 Å². The van der Waals surface area contributed by atoms with Crippen LogP contribution in [0.1, 0.15) is 22.8 Å². The number of hydrogen-bond acceptors (Lipinski definition) is 7. The smallest absolute Gasteiger partial charge is 0.337 e. The SMILES string of the molecule is CCc1ccc(Nc2nncc(Nc3cccc(C(=O)OC)c3)n2)cc1. The van der Waals surface area contributed by atoms with Crippen LogP contribution in [0.2, 0.25) is 0 Å². The first-order valence-electron chi connectivity index (χ1n) is 8.19. The van der Waals surface area contributed by atoms with Gasteiger partial charge in [0.05, 0.1) is 18.9 Å². The van der Waals surface area contributed by atoms with Crippen molar-refractivity contribution in [2.45, 2.75) is 13.3 Å². The Morgan fingerprint density at radius 3 is 2.62 bits per heavy atom. The molecule has 3 rings (SSSR count). The second-order valence-corrected chi connectivity index (χ2v) is 5.54. The Bertz CT molecular complexity index is 896. The van der Waals surface area contributed by atoms with Crippen LogP contribution in [0.25, 0.3) is 0 Å². The van der Waals surface area contributed by atoms with E-state index in [1.54, 1.807) is 18.2 Å². The van der Waals surface area contributed by atoms with Crippen LogP contribution >= 0.6 is 0 Å². The minimum atomic E-state index is -0.396. The summed E-state index contributed by atoms with van der Waals surface area (Å²) in [7, 11) is 1.35. The van der Waals surface area contributed by atoms with E-state index in [0.717, 1.165) is 12.1 Å². The first kappa shape index (κ1) is 17.3. The molecule has 0 saturated heterocycles. The van der Waals surface area contributed by atoms with Crippen molar-refractivity contribution >= 4 is 29.1 Å². The summed E-state index contributed by atoms with van der Waals surface area (Å²) in [6.07, 6.45) is 2.50. The zero-order chi connectivity index (χ0) is 18.4. The van der Waals surface area contributed by atoms with Crippen molar-refractivity contribution in [1.82, 2.24) is 15.2 Å². The van der Waals surface area contributed by atoms with Crippen molar-refractivity contribution in [3.63, 3.8) is 0 Å². The van der Waals surface area contributed by atoms with Crippen LogP contribution in [-0.4, -0.2) is 28.3 Å². The van der Waals surface area contributed by atoms with Crippen molar-refractivity contribution in [3.8, 4) is 0 Å². The highest BCUT2D eigenvalue weighted by molar-refractivity contribution is 5.90. The number of ether oxygens (including phenoxy) is 1. The van der Waals surface area contributed by atoms with Gasteiger partial charge in [-0.2, -0.15) is 10.1 Å². The number of benzene rings is 2. The van der Waals surface area contributed by atoms with E-state index >= 15 is 0 Å². The fourth-order valence-electron chi connectivity index (χ4n) is 2.36. The van der Waals surface area contributed by atoms with Crippen LogP contribution in [0.15, 0.2) is 54.7 Å². The lowest BCUT2D eigenvalue weighted by Gasteiger charge is -2.09. The molecule has 1 heterocycles. The molecule has 1 aromatic heterocycles. The Morgan fingerprint density at radius 1 is 1.08 bits per heavy atom. The molecule has 0 fully saturated rings. The van der Waals surface area contributed by atoms with Gasteiger partial charge in [0.15, 0.2) is 5.82 Å². The van der Waals surface area contributed by atoms with Crippen LogP contribution in [0.3, 0.4) is 0 Å². The number of carbonyl (C=O) groups is 1. The minimum Gasteiger partial charge on any atom is -0.465 e. The molecule has 0 amide bonds. The lowest BCUT2D eigenvalue weighted by molar-refractivity contribution is 0.0601. The summed E-state index contributed by atoms with van der Waals surface area (Å²) in [6.45, 7) is 2.11. The van der Waals surface area contributed by atoms with Gasteiger partial charge < -0.3 is 15.4 Å². The third kappa shape index (κ3) is 4.32. The van der Waals surface area contributed by atoms with Gasteiger partial charge in [0.2, 0.25) is 5.95 Å². The Hall–Kier alpha value is -3.48. The third-order valence-electron chi connectivity index (χ3n) is 3.73. The van der Waals surface area contributed by atoms with Crippen LogP contribution in [0, 0.1) is 0 Å². The average Bonchev–Trinajstić information content (AvgIpc) is 2.68. The van der Waals surface area contributed by atoms with E-state index in [4.69, 9.17) is 4.74 Å². The van der Waals surface area contributed by atoms with Gasteiger partial charge in [0, 0.05) is 11.4 Å². The van der Waals surface area contributed by atoms with Gasteiger partial charge >= 0.3 is 5.97 Å². The summed E-state index contributed by atoms with van der Waals surface area (Å²) in [6, 6.07) is 15.0. The lowest BCUT2D eigenvalue weighted by atomic mass is 10.1. The molecule has 7 nitrogen and oxygen atoms in total. The maximum absolute atomic E-state index is 11.6. The molecular weight excluding hydrogens is 330 g/mol. The first-order chi connectivity index (χ1) is 12.7. The second kappa shape index (κ2) is 8.06. The lowest BCUT2D eigenvalue weighted by Crippen LogP contribution is -2.04. The number of hydrogen-bond donors (Lipinski definition) is 2. The summed E-state index contributed by atoms with van der Waals surface area (Å²) in [4.78, 5) is 16.0. The van der Waals surface area contributed by atoms with Gasteiger partial charge in [-0.3, -0.25) is 0 Å². The van der Waals surface area contributed by atoms with Gasteiger partial charge in [-0.1, -0.05) is 25.1 Å². The summed E-state index contributed by atoms with van der Waals surface area (Å²) in [5.74, 6) is 0.491. The zero-order valence-corrected chi connectivity index (χ0v) is 14.6. The number of methoxy groups -OCH3 is 1. The predicted octanol–water partition coefficient (Wildman–Crippen LogP) is 3.71. The second-order valence-electron chi connectivity index (χ2n) is 5.54. The number of esters is 1. The quantitative estimate of drug-likeness (QED) is 0.656. The van der Waals surface area contributed by atoms with Gasteiger partial charge in [0.25, 0.3) is 0 Å². The molecule has 2 aromatic carbocycles. The van der Waals surface area contributed by atoms with Gasteiger partial charge in [0.1, 0.15) is 0 Å². The number of anilines is 4. The van der Waals surface area contributed by atoms with Crippen molar-refractivity contribution < 1.29 is 9.53 Å². The van der Waals surface area contributed by atoms with E-state index in [2.05, 4.69) is 44.9 Å². The van der Waals surface area contributed by atoms with Gasteiger partial charge in [-0.25, -0.2) is 4.79 Å². The topological polar surface area (TPSA) is 89.0 Å². The van der Waals surface area contributed by atoms with Crippen molar-refractivity contribution in [1.29, 1.82) is 0 Å². The number of nitrogens with one attached hydrogen (secondary N) is 2. The van der Waals surface area contributed by atoms with Crippen molar-refractivity contribution in [3.05, 3.63) is 65.9 Å². The minimum absolute atomic E-state index is 0.378. The number of aromatic nitrogens is 3. The zero-order valence-electron chi connectivity index (χ0n) is 14.6. The number of aryl methyl sites for hydroxylation is 1. The molecule has 132 valence electrons. The first-order valence-corrected chi connectivity index (χ1v) is 8.19. The summed E-state index contributed by atoms with van der Waals surface area (Å²) in [5.41, 5.74) is 3.30. The van der Waals surface area contributed by atoms with Gasteiger partial charge in [-0.05, 0) is 42.3 Å². The maximum atomic E-state index is 11.6. The van der Waals surface area contributed by atoms with Crippen LogP contribution in [-0.2, 0) is 11.2 Å². The molecule has 0 aliphatic rings. The summed E-state index contributed by atoms with van der Waals surface area (Å²) >= 11 is 0. The fraction of sp³-hybridized carbons (Fsp3) is 0.158. The number of rotatable bonds is 6. The molecule has 7 heteroatoms. The molecule has 0 radical (unpaired) electrons. The maximum Gasteiger partial charge on any atom is 0.337 e. The number of nitrogens with zero attached hydrogens (tertiary/aromatic N) is 3. The molecular formula is C19H19N5O2. The molecule has 0 saturated carbocycles. The molecule has 0 bridgehead atoms.